The summed E-state index contributed by atoms with van der Waals surface area (Å²) in [7, 11) is 1.84. The minimum atomic E-state index is 0. The van der Waals surface area contributed by atoms with Crippen LogP contribution in [-0.2, 0) is 6.54 Å². The molecule has 1 atom stereocenters. The Kier molecular flexibility index (Phi) is 10.3. The van der Waals surface area contributed by atoms with Crippen LogP contribution in [0.1, 0.15) is 45.4 Å². The summed E-state index contributed by atoms with van der Waals surface area (Å²) in [5, 5.41) is 11.1. The lowest BCUT2D eigenvalue weighted by Crippen LogP contribution is -2.40. The molecule has 132 valence electrons. The van der Waals surface area contributed by atoms with Gasteiger partial charge in [0, 0.05) is 39.1 Å². The molecule has 1 aliphatic rings. The number of hydrogen-bond donors (Lipinski definition) is 2. The maximum atomic E-state index is 4.30. The van der Waals surface area contributed by atoms with E-state index in [1.165, 1.54) is 38.5 Å². The second kappa shape index (κ2) is 11.7. The van der Waals surface area contributed by atoms with E-state index >= 15 is 0 Å². The van der Waals surface area contributed by atoms with Crippen LogP contribution in [0.5, 0.6) is 0 Å². The molecule has 0 radical (unpaired) electrons. The van der Waals surface area contributed by atoms with Gasteiger partial charge in [-0.05, 0) is 30.7 Å². The highest BCUT2D eigenvalue weighted by molar-refractivity contribution is 14.0. The molecule has 2 rings (SSSR count). The third-order valence-electron chi connectivity index (χ3n) is 4.46. The zero-order valence-corrected chi connectivity index (χ0v) is 16.8. The monoisotopic (exact) mass is 433 g/mol. The van der Waals surface area contributed by atoms with Gasteiger partial charge in [0.15, 0.2) is 5.96 Å². The first-order chi connectivity index (χ1) is 10.8. The van der Waals surface area contributed by atoms with Crippen LogP contribution in [0.2, 0.25) is 0 Å². The molecular weight excluding hydrogens is 401 g/mol. The number of aromatic nitrogens is 2. The molecule has 0 saturated heterocycles. The Morgan fingerprint density at radius 2 is 2.13 bits per heavy atom. The standard InChI is InChI=1S/C17H31N5.HI/c1-15(14-22-12-6-11-21-22)13-20-17(18-2)19-10-5-9-16-7-3-4-8-16;/h6,11-12,15-16H,3-5,7-10,13-14H2,1-2H3,(H2,18,19,20);1H. The Morgan fingerprint density at radius 1 is 1.35 bits per heavy atom. The van der Waals surface area contributed by atoms with Crippen LogP contribution in [0.15, 0.2) is 23.5 Å². The molecule has 23 heavy (non-hydrogen) atoms. The summed E-state index contributed by atoms with van der Waals surface area (Å²) in [6.07, 6.45) is 12.2. The molecule has 1 saturated carbocycles. The molecule has 0 bridgehead atoms. The van der Waals surface area contributed by atoms with Crippen molar-refractivity contribution in [3.8, 4) is 0 Å². The molecular formula is C17H32IN5. The van der Waals surface area contributed by atoms with Gasteiger partial charge in [0.05, 0.1) is 0 Å². The van der Waals surface area contributed by atoms with Crippen LogP contribution < -0.4 is 10.6 Å². The Morgan fingerprint density at radius 3 is 2.78 bits per heavy atom. The smallest absolute Gasteiger partial charge is 0.190 e. The molecule has 1 aliphatic carbocycles. The van der Waals surface area contributed by atoms with E-state index in [9.17, 15) is 0 Å². The van der Waals surface area contributed by atoms with E-state index < -0.39 is 0 Å². The molecule has 0 spiro atoms. The van der Waals surface area contributed by atoms with E-state index in [2.05, 4.69) is 27.6 Å². The van der Waals surface area contributed by atoms with Crippen molar-refractivity contribution in [2.75, 3.05) is 20.1 Å². The highest BCUT2D eigenvalue weighted by Crippen LogP contribution is 2.28. The fourth-order valence-electron chi connectivity index (χ4n) is 3.18. The van der Waals surface area contributed by atoms with E-state index in [1.54, 1.807) is 0 Å². The van der Waals surface area contributed by atoms with Gasteiger partial charge in [0.25, 0.3) is 0 Å². The number of guanidine groups is 1. The van der Waals surface area contributed by atoms with Crippen molar-refractivity contribution in [2.24, 2.45) is 16.8 Å². The van der Waals surface area contributed by atoms with Crippen molar-refractivity contribution >= 4 is 29.9 Å². The zero-order chi connectivity index (χ0) is 15.6. The van der Waals surface area contributed by atoms with Gasteiger partial charge in [-0.2, -0.15) is 5.10 Å². The SMILES string of the molecule is CN=C(NCCCC1CCCC1)NCC(C)Cn1cccn1.I. The molecule has 1 aromatic rings. The largest absolute Gasteiger partial charge is 0.356 e. The predicted octanol–water partition coefficient (Wildman–Crippen LogP) is 3.27. The number of hydrogen-bond acceptors (Lipinski definition) is 2. The van der Waals surface area contributed by atoms with Gasteiger partial charge in [0.2, 0.25) is 0 Å². The number of nitrogens with one attached hydrogen (secondary N) is 2. The van der Waals surface area contributed by atoms with E-state index in [1.807, 2.05) is 30.2 Å². The third-order valence-corrected chi connectivity index (χ3v) is 4.46. The van der Waals surface area contributed by atoms with Crippen molar-refractivity contribution < 1.29 is 0 Å². The molecule has 1 unspecified atom stereocenters. The van der Waals surface area contributed by atoms with Crippen molar-refractivity contribution in [3.05, 3.63) is 18.5 Å². The Bertz CT molecular complexity index is 426. The molecule has 0 aliphatic heterocycles. The Hall–Kier alpha value is -0.790. The number of nitrogens with zero attached hydrogens (tertiary/aromatic N) is 3. The number of halogens is 1. The molecule has 6 heteroatoms. The normalized spacial score (nSPS) is 16.9. The maximum absolute atomic E-state index is 4.30. The predicted molar refractivity (Wildman–Crippen MR) is 107 cm³/mol. The molecule has 1 heterocycles. The van der Waals surface area contributed by atoms with Gasteiger partial charge in [-0.1, -0.05) is 32.6 Å². The fraction of sp³-hybridized carbons (Fsp3) is 0.765. The van der Waals surface area contributed by atoms with Gasteiger partial charge in [0.1, 0.15) is 0 Å². The minimum Gasteiger partial charge on any atom is -0.356 e. The number of aliphatic imine (C=N–C) groups is 1. The van der Waals surface area contributed by atoms with E-state index in [4.69, 9.17) is 0 Å². The average Bonchev–Trinajstić information content (AvgIpc) is 3.20. The van der Waals surface area contributed by atoms with Crippen LogP contribution in [0.25, 0.3) is 0 Å². The summed E-state index contributed by atoms with van der Waals surface area (Å²) in [6, 6.07) is 1.96. The highest BCUT2D eigenvalue weighted by Gasteiger charge is 2.14. The fourth-order valence-corrected chi connectivity index (χ4v) is 3.18. The topological polar surface area (TPSA) is 54.2 Å². The second-order valence-electron chi connectivity index (χ2n) is 6.51. The lowest BCUT2D eigenvalue weighted by atomic mass is 10.0. The molecule has 1 aromatic heterocycles. The zero-order valence-electron chi connectivity index (χ0n) is 14.5. The summed E-state index contributed by atoms with van der Waals surface area (Å²) in [5.74, 6) is 2.40. The minimum absolute atomic E-state index is 0. The van der Waals surface area contributed by atoms with Crippen molar-refractivity contribution in [1.82, 2.24) is 20.4 Å². The summed E-state index contributed by atoms with van der Waals surface area (Å²) in [5.41, 5.74) is 0. The van der Waals surface area contributed by atoms with Gasteiger partial charge < -0.3 is 10.6 Å². The van der Waals surface area contributed by atoms with Crippen molar-refractivity contribution in [1.29, 1.82) is 0 Å². The summed E-state index contributed by atoms with van der Waals surface area (Å²) in [4.78, 5) is 4.30. The quantitative estimate of drug-likeness (QED) is 0.286. The Balaban J connectivity index is 0.00000264. The summed E-state index contributed by atoms with van der Waals surface area (Å²) >= 11 is 0. The van der Waals surface area contributed by atoms with Gasteiger partial charge in [-0.25, -0.2) is 0 Å². The first-order valence-electron chi connectivity index (χ1n) is 8.70. The molecule has 2 N–H and O–H groups in total. The van der Waals surface area contributed by atoms with Gasteiger partial charge in [-0.3, -0.25) is 9.67 Å². The molecule has 1 fully saturated rings. The first-order valence-corrected chi connectivity index (χ1v) is 8.70. The number of rotatable bonds is 8. The first kappa shape index (κ1) is 20.3. The van der Waals surface area contributed by atoms with Crippen molar-refractivity contribution in [2.45, 2.75) is 52.0 Å². The maximum Gasteiger partial charge on any atom is 0.190 e. The van der Waals surface area contributed by atoms with Crippen LogP contribution in [0.4, 0.5) is 0 Å². The van der Waals surface area contributed by atoms with E-state index in [0.717, 1.165) is 31.5 Å². The average molecular weight is 433 g/mol. The van der Waals surface area contributed by atoms with E-state index in [-0.39, 0.29) is 24.0 Å². The van der Waals surface area contributed by atoms with Crippen molar-refractivity contribution in [3.63, 3.8) is 0 Å². The second-order valence-corrected chi connectivity index (χ2v) is 6.51. The van der Waals surface area contributed by atoms with Crippen LogP contribution in [0, 0.1) is 11.8 Å². The lowest BCUT2D eigenvalue weighted by molar-refractivity contribution is 0.442. The summed E-state index contributed by atoms with van der Waals surface area (Å²) < 4.78 is 1.98. The lowest BCUT2D eigenvalue weighted by Gasteiger charge is -2.16. The molecule has 5 nitrogen and oxygen atoms in total. The molecule has 0 aromatic carbocycles. The summed E-state index contributed by atoms with van der Waals surface area (Å²) in [6.45, 7) is 5.08. The van der Waals surface area contributed by atoms with E-state index in [0.29, 0.717) is 5.92 Å². The van der Waals surface area contributed by atoms with Crippen LogP contribution in [0.3, 0.4) is 0 Å². The van der Waals surface area contributed by atoms with Gasteiger partial charge in [-0.15, -0.1) is 24.0 Å². The van der Waals surface area contributed by atoms with Crippen LogP contribution >= 0.6 is 24.0 Å². The highest BCUT2D eigenvalue weighted by atomic mass is 127. The molecule has 0 amide bonds. The Labute approximate surface area is 157 Å². The third kappa shape index (κ3) is 8.04. The van der Waals surface area contributed by atoms with Gasteiger partial charge >= 0.3 is 0 Å². The van der Waals surface area contributed by atoms with Crippen LogP contribution in [-0.4, -0.2) is 35.9 Å².